The average molecular weight is 360 g/mol. The normalized spacial score (nSPS) is 11.6. The van der Waals surface area contributed by atoms with Crippen LogP contribution >= 0.6 is 0 Å². The summed E-state index contributed by atoms with van der Waals surface area (Å²) in [6, 6.07) is 23.3. The zero-order valence-electron chi connectivity index (χ0n) is 15.5. The van der Waals surface area contributed by atoms with Crippen molar-refractivity contribution in [2.24, 2.45) is 0 Å². The molecule has 1 N–H and O–H groups in total. The fourth-order valence-electron chi connectivity index (χ4n) is 2.89. The van der Waals surface area contributed by atoms with Crippen LogP contribution in [0.25, 0.3) is 0 Å². The Kier molecular flexibility index (Phi) is 6.58. The molecule has 0 radical (unpaired) electrons. The molecule has 4 nitrogen and oxygen atoms in total. The maximum atomic E-state index is 12.5. The number of nitrogens with one attached hydrogen (secondary N) is 1. The second-order valence-electron chi connectivity index (χ2n) is 6.38. The molecule has 1 heterocycles. The van der Waals surface area contributed by atoms with E-state index in [1.807, 2.05) is 79.7 Å². The lowest BCUT2D eigenvalue weighted by Gasteiger charge is -2.19. The first-order valence-electron chi connectivity index (χ1n) is 9.18. The van der Waals surface area contributed by atoms with E-state index in [0.717, 1.165) is 22.6 Å². The van der Waals surface area contributed by atoms with E-state index in [2.05, 4.69) is 10.3 Å². The molecule has 138 valence electrons. The van der Waals surface area contributed by atoms with Gasteiger partial charge in [0.05, 0.1) is 18.3 Å². The van der Waals surface area contributed by atoms with Crippen molar-refractivity contribution in [3.05, 3.63) is 95.8 Å². The summed E-state index contributed by atoms with van der Waals surface area (Å²) in [7, 11) is 0. The van der Waals surface area contributed by atoms with E-state index in [1.54, 1.807) is 6.20 Å². The fraction of sp³-hybridized carbons (Fsp3) is 0.217. The molecule has 2 aromatic carbocycles. The first-order chi connectivity index (χ1) is 13.2. The molecule has 3 rings (SSSR count). The van der Waals surface area contributed by atoms with Crippen LogP contribution in [-0.4, -0.2) is 17.5 Å². The van der Waals surface area contributed by atoms with Crippen LogP contribution in [0, 0.1) is 6.92 Å². The Labute approximate surface area is 160 Å². The first kappa shape index (κ1) is 18.6. The standard InChI is InChI=1S/C23H24N2O2/c1-18-10-5-6-14-21(18)27-17-9-15-22(26)25-23(19-11-3-2-4-12-19)20-13-7-8-16-24-20/h2-8,10-14,16,23H,9,15,17H2,1H3,(H,25,26). The summed E-state index contributed by atoms with van der Waals surface area (Å²) in [5.74, 6) is 0.858. The van der Waals surface area contributed by atoms with Crippen LogP contribution in [-0.2, 0) is 4.79 Å². The topological polar surface area (TPSA) is 51.2 Å². The van der Waals surface area contributed by atoms with Crippen molar-refractivity contribution in [2.45, 2.75) is 25.8 Å². The van der Waals surface area contributed by atoms with Gasteiger partial charge in [0.2, 0.25) is 5.91 Å². The number of carbonyl (C=O) groups is 1. The number of nitrogens with zero attached hydrogens (tertiary/aromatic N) is 1. The van der Waals surface area contributed by atoms with Crippen molar-refractivity contribution in [3.8, 4) is 5.75 Å². The molecule has 0 saturated heterocycles. The zero-order valence-corrected chi connectivity index (χ0v) is 15.5. The Morgan fingerprint density at radius 3 is 2.48 bits per heavy atom. The molecule has 0 aliphatic heterocycles. The maximum absolute atomic E-state index is 12.5. The Morgan fingerprint density at radius 1 is 1.00 bits per heavy atom. The number of hydrogen-bond acceptors (Lipinski definition) is 3. The summed E-state index contributed by atoms with van der Waals surface area (Å²) in [5, 5.41) is 3.10. The molecule has 3 aromatic rings. The van der Waals surface area contributed by atoms with Gasteiger partial charge in [-0.25, -0.2) is 0 Å². The third kappa shape index (κ3) is 5.42. The largest absolute Gasteiger partial charge is 0.493 e. The van der Waals surface area contributed by atoms with Gasteiger partial charge >= 0.3 is 0 Å². The number of para-hydroxylation sites is 1. The van der Waals surface area contributed by atoms with Gasteiger partial charge in [-0.15, -0.1) is 0 Å². The van der Waals surface area contributed by atoms with Gasteiger partial charge < -0.3 is 10.1 Å². The molecule has 1 amide bonds. The zero-order chi connectivity index (χ0) is 18.9. The molecule has 0 spiro atoms. The molecule has 0 fully saturated rings. The second-order valence-corrected chi connectivity index (χ2v) is 6.38. The predicted octanol–water partition coefficient (Wildman–Crippen LogP) is 4.45. The lowest BCUT2D eigenvalue weighted by molar-refractivity contribution is -0.121. The number of aromatic nitrogens is 1. The summed E-state index contributed by atoms with van der Waals surface area (Å²) in [6.07, 6.45) is 2.80. The highest BCUT2D eigenvalue weighted by atomic mass is 16.5. The van der Waals surface area contributed by atoms with Crippen LogP contribution in [0.3, 0.4) is 0 Å². The Morgan fingerprint density at radius 2 is 1.74 bits per heavy atom. The van der Waals surface area contributed by atoms with E-state index in [-0.39, 0.29) is 11.9 Å². The SMILES string of the molecule is Cc1ccccc1OCCCC(=O)NC(c1ccccc1)c1ccccn1. The number of carbonyl (C=O) groups excluding carboxylic acids is 1. The molecule has 0 aliphatic rings. The van der Waals surface area contributed by atoms with Crippen LogP contribution in [0.2, 0.25) is 0 Å². The highest BCUT2D eigenvalue weighted by Gasteiger charge is 2.17. The number of amides is 1. The number of hydrogen-bond donors (Lipinski definition) is 1. The third-order valence-electron chi connectivity index (χ3n) is 4.32. The minimum Gasteiger partial charge on any atom is -0.493 e. The number of ether oxygens (including phenoxy) is 1. The molecular weight excluding hydrogens is 336 g/mol. The van der Waals surface area contributed by atoms with Crippen molar-refractivity contribution in [3.63, 3.8) is 0 Å². The van der Waals surface area contributed by atoms with Crippen molar-refractivity contribution < 1.29 is 9.53 Å². The molecule has 1 atom stereocenters. The van der Waals surface area contributed by atoms with Gasteiger partial charge in [0.25, 0.3) is 0 Å². The predicted molar refractivity (Wildman–Crippen MR) is 107 cm³/mol. The van der Waals surface area contributed by atoms with Crippen molar-refractivity contribution >= 4 is 5.91 Å². The van der Waals surface area contributed by atoms with Crippen molar-refractivity contribution in [1.29, 1.82) is 0 Å². The molecular formula is C23H24N2O2. The van der Waals surface area contributed by atoms with Crippen LogP contribution in [0.4, 0.5) is 0 Å². The number of aryl methyl sites for hydroxylation is 1. The van der Waals surface area contributed by atoms with Gasteiger partial charge in [0.15, 0.2) is 0 Å². The highest BCUT2D eigenvalue weighted by Crippen LogP contribution is 2.20. The fourth-order valence-corrected chi connectivity index (χ4v) is 2.89. The van der Waals surface area contributed by atoms with Crippen LogP contribution in [0.1, 0.15) is 35.7 Å². The van der Waals surface area contributed by atoms with Crippen molar-refractivity contribution in [1.82, 2.24) is 10.3 Å². The van der Waals surface area contributed by atoms with Gasteiger partial charge in [-0.05, 0) is 42.7 Å². The van der Waals surface area contributed by atoms with Crippen molar-refractivity contribution in [2.75, 3.05) is 6.61 Å². The quantitative estimate of drug-likeness (QED) is 0.604. The second kappa shape index (κ2) is 9.53. The monoisotopic (exact) mass is 360 g/mol. The smallest absolute Gasteiger partial charge is 0.220 e. The van der Waals surface area contributed by atoms with Gasteiger partial charge in [-0.3, -0.25) is 9.78 Å². The minimum absolute atomic E-state index is 0.0112. The van der Waals surface area contributed by atoms with E-state index in [4.69, 9.17) is 4.74 Å². The molecule has 1 unspecified atom stereocenters. The number of benzene rings is 2. The summed E-state index contributed by atoms with van der Waals surface area (Å²) in [4.78, 5) is 16.9. The first-order valence-corrected chi connectivity index (χ1v) is 9.18. The van der Waals surface area contributed by atoms with E-state index in [1.165, 1.54) is 0 Å². The number of rotatable bonds is 8. The summed E-state index contributed by atoms with van der Waals surface area (Å²) >= 11 is 0. The molecule has 27 heavy (non-hydrogen) atoms. The van der Waals surface area contributed by atoms with Crippen LogP contribution < -0.4 is 10.1 Å². The molecule has 0 bridgehead atoms. The summed E-state index contributed by atoms with van der Waals surface area (Å²) in [5.41, 5.74) is 2.94. The van der Waals surface area contributed by atoms with E-state index < -0.39 is 0 Å². The third-order valence-corrected chi connectivity index (χ3v) is 4.32. The summed E-state index contributed by atoms with van der Waals surface area (Å²) < 4.78 is 5.77. The van der Waals surface area contributed by atoms with E-state index in [9.17, 15) is 4.79 Å². The van der Waals surface area contributed by atoms with Gasteiger partial charge in [0.1, 0.15) is 5.75 Å². The average Bonchev–Trinajstić information content (AvgIpc) is 2.72. The molecule has 1 aromatic heterocycles. The van der Waals surface area contributed by atoms with Crippen LogP contribution in [0.15, 0.2) is 79.0 Å². The maximum Gasteiger partial charge on any atom is 0.220 e. The Hall–Kier alpha value is -3.14. The molecule has 0 saturated carbocycles. The van der Waals surface area contributed by atoms with E-state index >= 15 is 0 Å². The lowest BCUT2D eigenvalue weighted by atomic mass is 10.0. The molecule has 0 aliphatic carbocycles. The minimum atomic E-state index is -0.253. The summed E-state index contributed by atoms with van der Waals surface area (Å²) in [6.45, 7) is 2.53. The van der Waals surface area contributed by atoms with Crippen LogP contribution in [0.5, 0.6) is 5.75 Å². The van der Waals surface area contributed by atoms with Gasteiger partial charge in [0, 0.05) is 12.6 Å². The van der Waals surface area contributed by atoms with Gasteiger partial charge in [-0.2, -0.15) is 0 Å². The highest BCUT2D eigenvalue weighted by molar-refractivity contribution is 5.76. The Balaban J connectivity index is 1.56. The van der Waals surface area contributed by atoms with E-state index in [0.29, 0.717) is 19.4 Å². The lowest BCUT2D eigenvalue weighted by Crippen LogP contribution is -2.30. The number of pyridine rings is 1. The molecule has 4 heteroatoms. The van der Waals surface area contributed by atoms with Gasteiger partial charge in [-0.1, -0.05) is 54.6 Å². The Bertz CT molecular complexity index is 811.